The van der Waals surface area contributed by atoms with Crippen LogP contribution in [0.2, 0.25) is 0 Å². The Kier molecular flexibility index (Phi) is 4.51. The van der Waals surface area contributed by atoms with Crippen LogP contribution in [0.5, 0.6) is 0 Å². The molecule has 0 aliphatic heterocycles. The Morgan fingerprint density at radius 1 is 0.562 bits per heavy atom. The second kappa shape index (κ2) is 5.90. The van der Waals surface area contributed by atoms with Gasteiger partial charge >= 0.3 is 0 Å². The lowest BCUT2D eigenvalue weighted by Gasteiger charge is -1.88. The van der Waals surface area contributed by atoms with Crippen molar-refractivity contribution < 1.29 is 17.6 Å². The fourth-order valence-corrected chi connectivity index (χ4v) is 0.885. The molecular formula is C12H8F4. The molecule has 2 aromatic rings. The van der Waals surface area contributed by atoms with E-state index >= 15 is 0 Å². The van der Waals surface area contributed by atoms with Gasteiger partial charge in [0.1, 0.15) is 11.6 Å². The van der Waals surface area contributed by atoms with Crippen molar-refractivity contribution in [1.82, 2.24) is 0 Å². The molecule has 0 nitrogen and oxygen atoms in total. The lowest BCUT2D eigenvalue weighted by atomic mass is 10.3. The van der Waals surface area contributed by atoms with E-state index in [1.165, 1.54) is 12.1 Å². The van der Waals surface area contributed by atoms with Crippen LogP contribution in [0.25, 0.3) is 0 Å². The second-order valence-corrected chi connectivity index (χ2v) is 2.85. The molecule has 0 N–H and O–H groups in total. The number of halogens is 4. The maximum absolute atomic E-state index is 12.0. The van der Waals surface area contributed by atoms with Crippen LogP contribution in [0.3, 0.4) is 0 Å². The first-order valence-corrected chi connectivity index (χ1v) is 4.40. The summed E-state index contributed by atoms with van der Waals surface area (Å²) < 4.78 is 47.8. The van der Waals surface area contributed by atoms with Gasteiger partial charge in [0.2, 0.25) is 0 Å². The van der Waals surface area contributed by atoms with Crippen molar-refractivity contribution in [3.05, 3.63) is 71.8 Å². The minimum atomic E-state index is -1.16. The molecule has 0 aliphatic rings. The maximum Gasteiger partial charge on any atom is 0.161 e. The zero-order chi connectivity index (χ0) is 12.0. The van der Waals surface area contributed by atoms with Gasteiger partial charge in [-0.3, -0.25) is 0 Å². The maximum atomic E-state index is 12.0. The van der Waals surface area contributed by atoms with E-state index in [4.69, 9.17) is 0 Å². The fraction of sp³-hybridized carbons (Fsp3) is 0. The Hall–Kier alpha value is -1.84. The quantitative estimate of drug-likeness (QED) is 0.473. The third-order valence-corrected chi connectivity index (χ3v) is 1.61. The highest BCUT2D eigenvalue weighted by molar-refractivity contribution is 5.07. The summed E-state index contributed by atoms with van der Waals surface area (Å²) in [6, 6.07) is 10.0. The van der Waals surface area contributed by atoms with E-state index in [-0.39, 0.29) is 5.82 Å². The molecule has 0 spiro atoms. The summed E-state index contributed by atoms with van der Waals surface area (Å²) in [5.74, 6) is -3.14. The van der Waals surface area contributed by atoms with E-state index in [0.717, 1.165) is 12.1 Å². The molecular weight excluding hydrogens is 220 g/mol. The average molecular weight is 228 g/mol. The molecule has 0 bridgehead atoms. The molecule has 0 saturated heterocycles. The average Bonchev–Trinajstić information content (AvgIpc) is 2.26. The van der Waals surface area contributed by atoms with Gasteiger partial charge in [-0.2, -0.15) is 0 Å². The van der Waals surface area contributed by atoms with Crippen LogP contribution in [-0.2, 0) is 0 Å². The van der Waals surface area contributed by atoms with Gasteiger partial charge in [-0.05, 0) is 24.3 Å². The monoisotopic (exact) mass is 228 g/mol. The molecule has 0 atom stereocenters. The van der Waals surface area contributed by atoms with Crippen LogP contribution in [0.4, 0.5) is 17.6 Å². The van der Waals surface area contributed by atoms with E-state index in [1.54, 1.807) is 18.2 Å². The molecule has 0 unspecified atom stereocenters. The molecule has 4 heteroatoms. The molecule has 16 heavy (non-hydrogen) atoms. The van der Waals surface area contributed by atoms with Crippen molar-refractivity contribution in [3.8, 4) is 0 Å². The second-order valence-electron chi connectivity index (χ2n) is 2.85. The predicted molar refractivity (Wildman–Crippen MR) is 52.7 cm³/mol. The third-order valence-electron chi connectivity index (χ3n) is 1.61. The third kappa shape index (κ3) is 4.13. The molecule has 0 amide bonds. The number of rotatable bonds is 0. The van der Waals surface area contributed by atoms with Crippen LogP contribution < -0.4 is 0 Å². The summed E-state index contributed by atoms with van der Waals surface area (Å²) in [5.41, 5.74) is 0. The van der Waals surface area contributed by atoms with Crippen molar-refractivity contribution in [1.29, 1.82) is 0 Å². The fourth-order valence-electron chi connectivity index (χ4n) is 0.885. The Bertz CT molecular complexity index is 440. The van der Waals surface area contributed by atoms with Gasteiger partial charge in [0.05, 0.1) is 0 Å². The first kappa shape index (κ1) is 12.2. The Morgan fingerprint density at radius 3 is 1.56 bits per heavy atom. The Labute approximate surface area is 90.2 Å². The Morgan fingerprint density at radius 2 is 1.19 bits per heavy atom. The van der Waals surface area contributed by atoms with Crippen LogP contribution in [0.15, 0.2) is 48.5 Å². The Balaban J connectivity index is 0.000000165. The summed E-state index contributed by atoms with van der Waals surface area (Å²) in [6.07, 6.45) is 0. The summed E-state index contributed by atoms with van der Waals surface area (Å²) in [5, 5.41) is 0. The lowest BCUT2D eigenvalue weighted by molar-refractivity contribution is 0.495. The first-order valence-electron chi connectivity index (χ1n) is 4.40. The predicted octanol–water partition coefficient (Wildman–Crippen LogP) is 3.93. The molecule has 0 aliphatic carbocycles. The van der Waals surface area contributed by atoms with E-state index < -0.39 is 17.5 Å². The van der Waals surface area contributed by atoms with Crippen LogP contribution in [0.1, 0.15) is 0 Å². The lowest BCUT2D eigenvalue weighted by Crippen LogP contribution is -1.83. The van der Waals surface area contributed by atoms with Crippen molar-refractivity contribution in [2.75, 3.05) is 0 Å². The zero-order valence-electron chi connectivity index (χ0n) is 8.13. The zero-order valence-corrected chi connectivity index (χ0v) is 8.13. The van der Waals surface area contributed by atoms with Gasteiger partial charge in [0.15, 0.2) is 11.6 Å². The number of hydrogen-bond acceptors (Lipinski definition) is 0. The van der Waals surface area contributed by atoms with Crippen molar-refractivity contribution in [2.24, 2.45) is 0 Å². The normalized spacial score (nSPS) is 9.25. The summed E-state index contributed by atoms with van der Waals surface area (Å²) in [7, 11) is 0. The molecule has 0 fully saturated rings. The van der Waals surface area contributed by atoms with E-state index in [1.807, 2.05) is 0 Å². The summed E-state index contributed by atoms with van der Waals surface area (Å²) in [6.45, 7) is 0. The minimum Gasteiger partial charge on any atom is -0.207 e. The van der Waals surface area contributed by atoms with E-state index in [9.17, 15) is 17.6 Å². The van der Waals surface area contributed by atoms with Gasteiger partial charge in [-0.25, -0.2) is 17.6 Å². The van der Waals surface area contributed by atoms with E-state index in [0.29, 0.717) is 6.07 Å². The van der Waals surface area contributed by atoms with Gasteiger partial charge < -0.3 is 0 Å². The molecule has 84 valence electrons. The molecule has 0 heterocycles. The molecule has 0 aromatic heterocycles. The largest absolute Gasteiger partial charge is 0.207 e. The molecule has 0 saturated carbocycles. The van der Waals surface area contributed by atoms with Crippen molar-refractivity contribution in [3.63, 3.8) is 0 Å². The summed E-state index contributed by atoms with van der Waals surface area (Å²) >= 11 is 0. The van der Waals surface area contributed by atoms with Crippen LogP contribution in [0, 0.1) is 23.3 Å². The van der Waals surface area contributed by atoms with Gasteiger partial charge in [0, 0.05) is 6.07 Å². The number of hydrogen-bond donors (Lipinski definition) is 0. The highest BCUT2D eigenvalue weighted by Gasteiger charge is 1.99. The smallest absolute Gasteiger partial charge is 0.161 e. The topological polar surface area (TPSA) is 0 Å². The van der Waals surface area contributed by atoms with Crippen LogP contribution in [-0.4, -0.2) is 0 Å². The molecule has 2 rings (SSSR count). The van der Waals surface area contributed by atoms with Gasteiger partial charge in [-0.15, -0.1) is 0 Å². The van der Waals surface area contributed by atoms with Crippen LogP contribution >= 0.6 is 0 Å². The minimum absolute atomic E-state index is 0.178. The first-order chi connectivity index (χ1) is 7.59. The molecule has 0 radical (unpaired) electrons. The molecule has 2 aromatic carbocycles. The number of benzene rings is 2. The van der Waals surface area contributed by atoms with Gasteiger partial charge in [-0.1, -0.05) is 18.2 Å². The van der Waals surface area contributed by atoms with Gasteiger partial charge in [0.25, 0.3) is 0 Å². The van der Waals surface area contributed by atoms with E-state index in [2.05, 4.69) is 0 Å². The summed E-state index contributed by atoms with van der Waals surface area (Å²) in [4.78, 5) is 0. The standard InChI is InChI=1S/C6H3F3.C6H5F/c7-4-1-2-5(8)6(9)3-4;7-6-4-2-1-3-5-6/h1-3H;1-5H. The van der Waals surface area contributed by atoms with Crippen molar-refractivity contribution >= 4 is 0 Å². The van der Waals surface area contributed by atoms with Crippen molar-refractivity contribution in [2.45, 2.75) is 0 Å². The highest BCUT2D eigenvalue weighted by atomic mass is 19.2. The SMILES string of the molecule is Fc1ccc(F)c(F)c1.Fc1ccccc1. The highest BCUT2D eigenvalue weighted by Crippen LogP contribution is 2.05.